The number of benzene rings is 1. The van der Waals surface area contributed by atoms with Crippen molar-refractivity contribution in [3.63, 3.8) is 0 Å². The summed E-state index contributed by atoms with van der Waals surface area (Å²) in [5, 5.41) is 21.0. The largest absolute Gasteiger partial charge is 0.456 e. The van der Waals surface area contributed by atoms with Gasteiger partial charge in [-0.3, -0.25) is 4.79 Å². The first-order chi connectivity index (χ1) is 17.8. The lowest BCUT2D eigenvalue weighted by atomic mass is 9.82. The van der Waals surface area contributed by atoms with Gasteiger partial charge in [0, 0.05) is 62.2 Å². The Morgan fingerprint density at radius 1 is 1.08 bits per heavy atom. The number of anilines is 1. The van der Waals surface area contributed by atoms with Gasteiger partial charge in [-0.05, 0) is 42.7 Å². The van der Waals surface area contributed by atoms with Gasteiger partial charge in [0.15, 0.2) is 0 Å². The van der Waals surface area contributed by atoms with Gasteiger partial charge in [-0.2, -0.15) is 5.26 Å². The Kier molecular flexibility index (Phi) is 10.3. The molecule has 0 aliphatic heterocycles. The molecular formula is C29H39N3O5. The predicted molar refractivity (Wildman–Crippen MR) is 144 cm³/mol. The fraction of sp³-hybridized carbons (Fsp3) is 0.517. The number of rotatable bonds is 15. The van der Waals surface area contributed by atoms with Gasteiger partial charge in [0.05, 0.1) is 19.8 Å². The number of aliphatic hydroxyl groups is 1. The standard InChI is InChI=1S/C29H39N3O5/c1-29(2)25-18-22(32(3)4)9-10-24(25)27-26(29)19-23(37-27)17-21(20-30)28(34)31-11-14-36-16-15-35-13-8-6-5-7-12-33/h9-10,17-19,33H,5-8,11-16H2,1-4H3,(H,31,34)/b21-17+. The minimum atomic E-state index is -0.461. The summed E-state index contributed by atoms with van der Waals surface area (Å²) in [6, 6.07) is 10.2. The Hall–Kier alpha value is -3.12. The van der Waals surface area contributed by atoms with Gasteiger partial charge < -0.3 is 29.2 Å². The number of amides is 1. The second-order valence-electron chi connectivity index (χ2n) is 9.93. The lowest BCUT2D eigenvalue weighted by molar-refractivity contribution is -0.117. The number of aliphatic hydroxyl groups excluding tert-OH is 1. The summed E-state index contributed by atoms with van der Waals surface area (Å²) in [6.45, 7) is 6.80. The van der Waals surface area contributed by atoms with Crippen LogP contribution in [0.4, 0.5) is 5.69 Å². The quantitative estimate of drug-likeness (QED) is 0.210. The number of fused-ring (bicyclic) bond motifs is 3. The first-order valence-corrected chi connectivity index (χ1v) is 12.9. The Morgan fingerprint density at radius 3 is 2.51 bits per heavy atom. The predicted octanol–water partition coefficient (Wildman–Crippen LogP) is 4.26. The average molecular weight is 510 g/mol. The average Bonchev–Trinajstić information content (AvgIpc) is 3.39. The van der Waals surface area contributed by atoms with E-state index >= 15 is 0 Å². The number of furan rings is 1. The van der Waals surface area contributed by atoms with Gasteiger partial charge in [0.1, 0.15) is 23.2 Å². The van der Waals surface area contributed by atoms with E-state index in [0.717, 1.165) is 48.3 Å². The van der Waals surface area contributed by atoms with Gasteiger partial charge in [0.25, 0.3) is 5.91 Å². The molecule has 1 aliphatic rings. The number of nitrogens with zero attached hydrogens (tertiary/aromatic N) is 2. The molecule has 1 amide bonds. The molecule has 0 atom stereocenters. The van der Waals surface area contributed by atoms with E-state index in [4.69, 9.17) is 19.0 Å². The number of carbonyl (C=O) groups excluding carboxylic acids is 1. The van der Waals surface area contributed by atoms with E-state index in [1.165, 1.54) is 11.6 Å². The van der Waals surface area contributed by atoms with E-state index in [1.807, 2.05) is 26.2 Å². The highest BCUT2D eigenvalue weighted by molar-refractivity contribution is 6.01. The Bertz CT molecular complexity index is 1130. The van der Waals surface area contributed by atoms with E-state index < -0.39 is 5.91 Å². The minimum absolute atomic E-state index is 0.0158. The van der Waals surface area contributed by atoms with Crippen molar-refractivity contribution in [2.75, 3.05) is 58.6 Å². The number of ether oxygens (including phenoxy) is 2. The molecule has 0 spiro atoms. The van der Waals surface area contributed by atoms with Gasteiger partial charge in [-0.25, -0.2) is 0 Å². The molecule has 2 aromatic rings. The van der Waals surface area contributed by atoms with Crippen LogP contribution < -0.4 is 10.2 Å². The SMILES string of the molecule is CN(C)c1ccc2c(c1)C(C)(C)c1cc(/C=C(\C#N)C(=O)NCCOCCOCCCCCCO)oc1-2. The van der Waals surface area contributed by atoms with E-state index in [1.54, 1.807) is 0 Å². The maximum absolute atomic E-state index is 12.5. The van der Waals surface area contributed by atoms with Gasteiger partial charge >= 0.3 is 0 Å². The highest BCUT2D eigenvalue weighted by Gasteiger charge is 2.39. The molecule has 0 radical (unpaired) electrons. The van der Waals surface area contributed by atoms with Crippen molar-refractivity contribution in [2.45, 2.75) is 44.9 Å². The molecule has 0 fully saturated rings. The second kappa shape index (κ2) is 13.4. The number of hydrogen-bond donors (Lipinski definition) is 2. The topological polar surface area (TPSA) is 108 Å². The van der Waals surface area contributed by atoms with Crippen molar-refractivity contribution in [3.05, 3.63) is 46.7 Å². The molecule has 1 heterocycles. The van der Waals surface area contributed by atoms with Gasteiger partial charge in [-0.15, -0.1) is 0 Å². The zero-order chi connectivity index (χ0) is 26.8. The van der Waals surface area contributed by atoms with E-state index in [0.29, 0.717) is 38.7 Å². The third-order valence-corrected chi connectivity index (χ3v) is 6.61. The third-order valence-electron chi connectivity index (χ3n) is 6.61. The Labute approximate surface area is 219 Å². The third kappa shape index (κ3) is 7.22. The molecule has 0 saturated heterocycles. The van der Waals surface area contributed by atoms with Crippen LogP contribution in [0.3, 0.4) is 0 Å². The van der Waals surface area contributed by atoms with Crippen LogP contribution in [0.15, 0.2) is 34.3 Å². The molecule has 8 heteroatoms. The number of carbonyl (C=O) groups is 1. The number of nitriles is 1. The lowest BCUT2D eigenvalue weighted by Crippen LogP contribution is -2.28. The van der Waals surface area contributed by atoms with E-state index in [9.17, 15) is 10.1 Å². The Balaban J connectivity index is 1.48. The molecule has 8 nitrogen and oxygen atoms in total. The molecule has 1 aliphatic carbocycles. The monoisotopic (exact) mass is 509 g/mol. The molecule has 1 aromatic heterocycles. The molecule has 0 bridgehead atoms. The Morgan fingerprint density at radius 2 is 1.81 bits per heavy atom. The number of nitrogens with one attached hydrogen (secondary N) is 1. The summed E-state index contributed by atoms with van der Waals surface area (Å²) >= 11 is 0. The maximum atomic E-state index is 12.5. The van der Waals surface area contributed by atoms with Crippen LogP contribution in [0, 0.1) is 11.3 Å². The van der Waals surface area contributed by atoms with E-state index in [-0.39, 0.29) is 17.6 Å². The number of unbranched alkanes of at least 4 members (excludes halogenated alkanes) is 3. The van der Waals surface area contributed by atoms with Crippen LogP contribution in [0.5, 0.6) is 0 Å². The summed E-state index contributed by atoms with van der Waals surface area (Å²) in [4.78, 5) is 14.6. The van der Waals surface area contributed by atoms with Crippen molar-refractivity contribution in [2.24, 2.45) is 0 Å². The molecule has 0 unspecified atom stereocenters. The van der Waals surface area contributed by atoms with Crippen LogP contribution in [-0.4, -0.2) is 64.7 Å². The van der Waals surface area contributed by atoms with Crippen molar-refractivity contribution < 1.29 is 23.8 Å². The molecule has 2 N–H and O–H groups in total. The molecule has 3 rings (SSSR count). The van der Waals surface area contributed by atoms with Crippen LogP contribution in [0.25, 0.3) is 17.4 Å². The van der Waals surface area contributed by atoms with Crippen molar-refractivity contribution in [1.29, 1.82) is 5.26 Å². The van der Waals surface area contributed by atoms with Crippen molar-refractivity contribution in [3.8, 4) is 17.4 Å². The number of hydrogen-bond acceptors (Lipinski definition) is 7. The van der Waals surface area contributed by atoms with Crippen LogP contribution >= 0.6 is 0 Å². The van der Waals surface area contributed by atoms with E-state index in [2.05, 4.69) is 42.3 Å². The highest BCUT2D eigenvalue weighted by Crippen LogP contribution is 2.51. The maximum Gasteiger partial charge on any atom is 0.262 e. The van der Waals surface area contributed by atoms with Crippen molar-refractivity contribution >= 4 is 17.7 Å². The summed E-state index contributed by atoms with van der Waals surface area (Å²) < 4.78 is 17.1. The fourth-order valence-corrected chi connectivity index (χ4v) is 4.43. The zero-order valence-electron chi connectivity index (χ0n) is 22.4. The lowest BCUT2D eigenvalue weighted by Gasteiger charge is -2.22. The smallest absolute Gasteiger partial charge is 0.262 e. The minimum Gasteiger partial charge on any atom is -0.456 e. The molecule has 1 aromatic carbocycles. The first-order valence-electron chi connectivity index (χ1n) is 12.9. The summed E-state index contributed by atoms with van der Waals surface area (Å²) in [7, 11) is 4.04. The molecular weight excluding hydrogens is 470 g/mol. The second-order valence-corrected chi connectivity index (χ2v) is 9.93. The van der Waals surface area contributed by atoms with Crippen LogP contribution in [-0.2, 0) is 19.7 Å². The molecule has 37 heavy (non-hydrogen) atoms. The van der Waals surface area contributed by atoms with Crippen LogP contribution in [0.1, 0.15) is 56.4 Å². The summed E-state index contributed by atoms with van der Waals surface area (Å²) in [6.07, 6.45) is 5.37. The molecule has 200 valence electrons. The highest BCUT2D eigenvalue weighted by atomic mass is 16.5. The van der Waals surface area contributed by atoms with Crippen LogP contribution in [0.2, 0.25) is 0 Å². The van der Waals surface area contributed by atoms with Gasteiger partial charge in [0.2, 0.25) is 0 Å². The first kappa shape index (κ1) is 28.5. The summed E-state index contributed by atoms with van der Waals surface area (Å²) in [5.41, 5.74) is 4.14. The normalized spacial score (nSPS) is 13.7. The van der Waals surface area contributed by atoms with Gasteiger partial charge in [-0.1, -0.05) is 26.7 Å². The van der Waals surface area contributed by atoms with Crippen molar-refractivity contribution in [1.82, 2.24) is 5.32 Å². The summed E-state index contributed by atoms with van der Waals surface area (Å²) in [5.74, 6) is 0.809. The fourth-order valence-electron chi connectivity index (χ4n) is 4.43. The zero-order valence-corrected chi connectivity index (χ0v) is 22.4. The molecule has 0 saturated carbocycles.